The molecule has 6 heteroatoms. The lowest BCUT2D eigenvalue weighted by molar-refractivity contribution is 0.0945. The number of anilines is 1. The highest BCUT2D eigenvalue weighted by atomic mass is 16.1. The van der Waals surface area contributed by atoms with Crippen molar-refractivity contribution < 1.29 is 4.79 Å². The molecule has 0 spiro atoms. The van der Waals surface area contributed by atoms with Crippen molar-refractivity contribution in [3.8, 4) is 0 Å². The summed E-state index contributed by atoms with van der Waals surface area (Å²) in [4.78, 5) is 26.4. The monoisotopic (exact) mass is 437 g/mol. The van der Waals surface area contributed by atoms with Gasteiger partial charge in [-0.2, -0.15) is 0 Å². The maximum absolute atomic E-state index is 12.7. The van der Waals surface area contributed by atoms with Crippen molar-refractivity contribution in [2.75, 3.05) is 31.1 Å². The van der Waals surface area contributed by atoms with Gasteiger partial charge in [0.25, 0.3) is 5.91 Å². The summed E-state index contributed by atoms with van der Waals surface area (Å²) in [7, 11) is 0. The number of nitrogens with zero attached hydrogens (tertiary/aromatic N) is 4. The third-order valence-corrected chi connectivity index (χ3v) is 6.13. The SMILES string of the molecule is O=C(NCc1ccccc1CN1CCN(c2ccccc2)CC1)c1cnc2ccccc2n1. The van der Waals surface area contributed by atoms with E-state index in [1.807, 2.05) is 30.3 Å². The minimum atomic E-state index is -0.209. The minimum absolute atomic E-state index is 0.209. The molecule has 0 saturated carbocycles. The Morgan fingerprint density at radius 2 is 1.45 bits per heavy atom. The van der Waals surface area contributed by atoms with Crippen molar-refractivity contribution in [2.24, 2.45) is 0 Å². The average Bonchev–Trinajstić information content (AvgIpc) is 2.88. The summed E-state index contributed by atoms with van der Waals surface area (Å²) in [6.07, 6.45) is 1.54. The van der Waals surface area contributed by atoms with Crippen LogP contribution in [0.15, 0.2) is 85.1 Å². The van der Waals surface area contributed by atoms with E-state index in [9.17, 15) is 4.79 Å². The van der Waals surface area contributed by atoms with Crippen molar-refractivity contribution in [3.63, 3.8) is 0 Å². The van der Waals surface area contributed by atoms with E-state index in [-0.39, 0.29) is 5.91 Å². The number of piperazine rings is 1. The summed E-state index contributed by atoms with van der Waals surface area (Å²) in [6.45, 7) is 5.41. The fraction of sp³-hybridized carbons (Fsp3) is 0.222. The lowest BCUT2D eigenvalue weighted by atomic mass is 10.1. The third-order valence-electron chi connectivity index (χ3n) is 6.13. The van der Waals surface area contributed by atoms with E-state index in [2.05, 4.69) is 73.6 Å². The van der Waals surface area contributed by atoms with Gasteiger partial charge in [-0.25, -0.2) is 4.98 Å². The number of hydrogen-bond donors (Lipinski definition) is 1. The minimum Gasteiger partial charge on any atom is -0.369 e. The summed E-state index contributed by atoms with van der Waals surface area (Å²) in [6, 6.07) is 26.5. The molecular formula is C27H27N5O. The first kappa shape index (κ1) is 21.1. The van der Waals surface area contributed by atoms with Gasteiger partial charge in [-0.05, 0) is 35.4 Å². The van der Waals surface area contributed by atoms with Crippen molar-refractivity contribution in [2.45, 2.75) is 13.1 Å². The lowest BCUT2D eigenvalue weighted by Crippen LogP contribution is -2.46. The Kier molecular flexibility index (Phi) is 6.26. The van der Waals surface area contributed by atoms with Crippen LogP contribution in [-0.4, -0.2) is 47.0 Å². The zero-order valence-electron chi connectivity index (χ0n) is 18.5. The molecular weight excluding hydrogens is 410 g/mol. The van der Waals surface area contributed by atoms with Gasteiger partial charge in [0.15, 0.2) is 0 Å². The summed E-state index contributed by atoms with van der Waals surface area (Å²) >= 11 is 0. The van der Waals surface area contributed by atoms with Gasteiger partial charge in [0.2, 0.25) is 0 Å². The number of amides is 1. The Morgan fingerprint density at radius 1 is 0.788 bits per heavy atom. The molecule has 4 aromatic rings. The molecule has 1 amide bonds. The number of para-hydroxylation sites is 3. The molecule has 1 aromatic heterocycles. The topological polar surface area (TPSA) is 61.4 Å². The van der Waals surface area contributed by atoms with Gasteiger partial charge in [0.05, 0.1) is 17.2 Å². The zero-order chi connectivity index (χ0) is 22.5. The molecule has 0 bridgehead atoms. The number of aromatic nitrogens is 2. The van der Waals surface area contributed by atoms with Crippen molar-refractivity contribution >= 4 is 22.6 Å². The molecule has 0 radical (unpaired) electrons. The first-order valence-electron chi connectivity index (χ1n) is 11.4. The quantitative estimate of drug-likeness (QED) is 0.496. The Hall–Kier alpha value is -3.77. The van der Waals surface area contributed by atoms with Crippen LogP contribution in [0, 0.1) is 0 Å². The van der Waals surface area contributed by atoms with E-state index >= 15 is 0 Å². The number of carbonyl (C=O) groups excluding carboxylic acids is 1. The van der Waals surface area contributed by atoms with Gasteiger partial charge in [0.1, 0.15) is 5.69 Å². The van der Waals surface area contributed by atoms with E-state index in [4.69, 9.17) is 0 Å². The Labute approximate surface area is 193 Å². The maximum Gasteiger partial charge on any atom is 0.271 e. The molecule has 6 nitrogen and oxygen atoms in total. The predicted molar refractivity (Wildman–Crippen MR) is 131 cm³/mol. The fourth-order valence-electron chi connectivity index (χ4n) is 4.26. The molecule has 0 unspecified atom stereocenters. The van der Waals surface area contributed by atoms with Crippen LogP contribution in [0.5, 0.6) is 0 Å². The highest BCUT2D eigenvalue weighted by molar-refractivity contribution is 5.93. The van der Waals surface area contributed by atoms with Gasteiger partial charge in [0, 0.05) is 45.0 Å². The van der Waals surface area contributed by atoms with Gasteiger partial charge >= 0.3 is 0 Å². The fourth-order valence-corrected chi connectivity index (χ4v) is 4.26. The molecule has 5 rings (SSSR count). The number of carbonyl (C=O) groups is 1. The number of fused-ring (bicyclic) bond motifs is 1. The van der Waals surface area contributed by atoms with Crippen LogP contribution in [0.1, 0.15) is 21.6 Å². The van der Waals surface area contributed by atoms with Crippen LogP contribution in [-0.2, 0) is 13.1 Å². The number of hydrogen-bond acceptors (Lipinski definition) is 5. The summed E-state index contributed by atoms with van der Waals surface area (Å²) in [5, 5.41) is 3.02. The van der Waals surface area contributed by atoms with Gasteiger partial charge in [-0.1, -0.05) is 54.6 Å². The van der Waals surface area contributed by atoms with Crippen molar-refractivity contribution in [1.29, 1.82) is 0 Å². The summed E-state index contributed by atoms with van der Waals surface area (Å²) < 4.78 is 0. The zero-order valence-corrected chi connectivity index (χ0v) is 18.5. The number of benzene rings is 3. The third kappa shape index (κ3) is 5.02. The Bertz CT molecular complexity index is 1240. The molecule has 0 aliphatic carbocycles. The predicted octanol–water partition coefficient (Wildman–Crippen LogP) is 3.88. The largest absolute Gasteiger partial charge is 0.369 e. The Balaban J connectivity index is 1.20. The lowest BCUT2D eigenvalue weighted by Gasteiger charge is -2.36. The smallest absolute Gasteiger partial charge is 0.271 e. The van der Waals surface area contributed by atoms with E-state index in [0.29, 0.717) is 12.2 Å². The van der Waals surface area contributed by atoms with Crippen molar-refractivity contribution in [3.05, 3.63) is 102 Å². The van der Waals surface area contributed by atoms with E-state index in [1.165, 1.54) is 17.4 Å². The van der Waals surface area contributed by atoms with Crippen LogP contribution in [0.2, 0.25) is 0 Å². The second-order valence-corrected chi connectivity index (χ2v) is 8.29. The standard InChI is InChI=1S/C27H27N5O/c33-27(26-19-28-24-12-6-7-13-25(24)30-26)29-18-21-8-4-5-9-22(21)20-31-14-16-32(17-15-31)23-10-2-1-3-11-23/h1-13,19H,14-18,20H2,(H,29,33). The molecule has 2 heterocycles. The van der Waals surface area contributed by atoms with Crippen LogP contribution in [0.4, 0.5) is 5.69 Å². The first-order chi connectivity index (χ1) is 16.3. The summed E-state index contributed by atoms with van der Waals surface area (Å²) in [5.74, 6) is -0.209. The van der Waals surface area contributed by atoms with Gasteiger partial charge < -0.3 is 10.2 Å². The van der Waals surface area contributed by atoms with Crippen molar-refractivity contribution in [1.82, 2.24) is 20.2 Å². The summed E-state index contributed by atoms with van der Waals surface area (Å²) in [5.41, 5.74) is 5.51. The average molecular weight is 438 g/mol. The van der Waals surface area contributed by atoms with E-state index < -0.39 is 0 Å². The molecule has 1 N–H and O–H groups in total. The normalized spacial score (nSPS) is 14.4. The van der Waals surface area contributed by atoms with E-state index in [1.54, 1.807) is 0 Å². The Morgan fingerprint density at radius 3 is 2.24 bits per heavy atom. The molecule has 166 valence electrons. The van der Waals surface area contributed by atoms with Crippen LogP contribution in [0.3, 0.4) is 0 Å². The highest BCUT2D eigenvalue weighted by Gasteiger charge is 2.18. The van der Waals surface area contributed by atoms with Gasteiger partial charge in [-0.3, -0.25) is 14.7 Å². The highest BCUT2D eigenvalue weighted by Crippen LogP contribution is 2.18. The molecule has 1 fully saturated rings. The second-order valence-electron chi connectivity index (χ2n) is 8.29. The molecule has 33 heavy (non-hydrogen) atoms. The molecule has 3 aromatic carbocycles. The van der Waals surface area contributed by atoms with Crippen LogP contribution < -0.4 is 10.2 Å². The maximum atomic E-state index is 12.7. The first-order valence-corrected chi connectivity index (χ1v) is 11.4. The number of nitrogens with one attached hydrogen (secondary N) is 1. The van der Waals surface area contributed by atoms with Crippen LogP contribution in [0.25, 0.3) is 11.0 Å². The molecule has 0 atom stereocenters. The molecule has 1 aliphatic heterocycles. The molecule has 1 saturated heterocycles. The van der Waals surface area contributed by atoms with Crippen LogP contribution >= 0.6 is 0 Å². The number of rotatable bonds is 6. The second kappa shape index (κ2) is 9.79. The van der Waals surface area contributed by atoms with E-state index in [0.717, 1.165) is 49.3 Å². The van der Waals surface area contributed by atoms with Gasteiger partial charge in [-0.15, -0.1) is 0 Å². The molecule has 1 aliphatic rings.